The van der Waals surface area contributed by atoms with Crippen molar-refractivity contribution in [2.24, 2.45) is 0 Å². The number of nitrogens with zero attached hydrogens (tertiary/aromatic N) is 1. The molecule has 0 saturated carbocycles. The standard InChI is InChI=1S/C19H24N2O20P4/c22-13-6-8-21(19(27)20-13)17-16(38-18(26)11-4-2-1-3-5-11)15(25)12(37-17)10-36-43(30,31)40-45(34,35)41-44(32,33)39-42(28,29)9-7-14(23)24/h1-6,8,12,15-17,25H,7,9-10H2,(H,23,24)(H,28,29)(H,30,31)(H,32,33)(H,34,35)(H,20,22,27)/p-4/t12-,15?,16?,17-/m1/s1. The number of aromatic nitrogens is 2. The van der Waals surface area contributed by atoms with E-state index in [1.807, 2.05) is 4.98 Å². The third kappa shape index (κ3) is 11.0. The highest BCUT2D eigenvalue weighted by Gasteiger charge is 2.48. The van der Waals surface area contributed by atoms with Crippen molar-refractivity contribution in [2.75, 3.05) is 12.8 Å². The van der Waals surface area contributed by atoms with Gasteiger partial charge in [0.05, 0.1) is 18.6 Å². The van der Waals surface area contributed by atoms with E-state index in [0.717, 1.165) is 12.3 Å². The van der Waals surface area contributed by atoms with Gasteiger partial charge >= 0.3 is 17.6 Å². The maximum absolute atomic E-state index is 12.6. The zero-order valence-electron chi connectivity index (χ0n) is 22.0. The normalized spacial score (nSPS) is 25.3. The van der Waals surface area contributed by atoms with Crippen molar-refractivity contribution in [3.8, 4) is 0 Å². The van der Waals surface area contributed by atoms with Crippen LogP contribution in [0.3, 0.4) is 0 Å². The number of carboxylic acids is 1. The number of ether oxygens (including phenoxy) is 2. The number of aliphatic hydroxyl groups excluding tert-OH is 1. The Labute approximate surface area is 250 Å². The molecule has 8 atom stereocenters. The molecular formula is C19H20N2O20P4-4. The van der Waals surface area contributed by atoms with Crippen LogP contribution in [0.25, 0.3) is 0 Å². The number of carbonyl (C=O) groups is 2. The summed E-state index contributed by atoms with van der Waals surface area (Å²) < 4.78 is 73.3. The van der Waals surface area contributed by atoms with Crippen LogP contribution >= 0.6 is 31.1 Å². The van der Waals surface area contributed by atoms with Gasteiger partial charge in [0.2, 0.25) is 0 Å². The van der Waals surface area contributed by atoms with Gasteiger partial charge in [-0.05, 0) is 12.1 Å². The van der Waals surface area contributed by atoms with E-state index in [2.05, 4.69) is 17.5 Å². The number of rotatable bonds is 15. The minimum absolute atomic E-state index is 0.0181. The Morgan fingerprint density at radius 3 is 2.13 bits per heavy atom. The number of phosphoric acid groups is 3. The maximum atomic E-state index is 12.6. The van der Waals surface area contributed by atoms with Crippen LogP contribution in [0.15, 0.2) is 52.2 Å². The first-order chi connectivity index (χ1) is 20.7. The van der Waals surface area contributed by atoms with Crippen molar-refractivity contribution in [2.45, 2.75) is 31.0 Å². The van der Waals surface area contributed by atoms with Crippen LogP contribution in [-0.4, -0.2) is 62.8 Å². The zero-order valence-corrected chi connectivity index (χ0v) is 25.5. The molecule has 1 aromatic heterocycles. The van der Waals surface area contributed by atoms with Gasteiger partial charge in [-0.15, -0.1) is 0 Å². The van der Waals surface area contributed by atoms with E-state index in [0.29, 0.717) is 4.57 Å². The smallest absolute Gasteiger partial charge is 0.338 e. The highest BCUT2D eigenvalue weighted by Crippen LogP contribution is 2.66. The molecule has 45 heavy (non-hydrogen) atoms. The number of carbonyl (C=O) groups excluding carboxylic acids is 1. The first-order valence-corrected chi connectivity index (χ1v) is 17.9. The second-order valence-corrected chi connectivity index (χ2v) is 15.2. The maximum Gasteiger partial charge on any atom is 0.338 e. The van der Waals surface area contributed by atoms with E-state index in [1.54, 1.807) is 6.07 Å². The Morgan fingerprint density at radius 1 is 0.933 bits per heavy atom. The van der Waals surface area contributed by atoms with E-state index in [-0.39, 0.29) is 5.56 Å². The molecule has 0 amide bonds. The lowest BCUT2D eigenvalue weighted by Crippen LogP contribution is -2.40. The van der Waals surface area contributed by atoms with Crippen molar-refractivity contribution < 1.29 is 84.6 Å². The molecule has 1 aliphatic heterocycles. The minimum atomic E-state index is -6.55. The summed E-state index contributed by atoms with van der Waals surface area (Å²) >= 11 is 0. The zero-order chi connectivity index (χ0) is 33.8. The Bertz CT molecular complexity index is 1710. The summed E-state index contributed by atoms with van der Waals surface area (Å²) in [6.07, 6.45) is -9.00. The van der Waals surface area contributed by atoms with Crippen LogP contribution in [0.2, 0.25) is 0 Å². The molecule has 3 rings (SSSR count). The quantitative estimate of drug-likeness (QED) is 0.127. The molecule has 6 unspecified atom stereocenters. The van der Waals surface area contributed by atoms with Gasteiger partial charge in [-0.3, -0.25) is 37.1 Å². The van der Waals surface area contributed by atoms with E-state index in [1.165, 1.54) is 24.3 Å². The van der Waals surface area contributed by atoms with Crippen LogP contribution < -0.4 is 30.8 Å². The molecule has 1 fully saturated rings. The van der Waals surface area contributed by atoms with Crippen LogP contribution in [-0.2, 0) is 50.0 Å². The molecule has 0 bridgehead atoms. The number of aliphatic carboxylic acids is 1. The largest absolute Gasteiger partial charge is 0.778 e. The Kier molecular flexibility index (Phi) is 11.8. The fraction of sp³-hybridized carbons (Fsp3) is 0.368. The van der Waals surface area contributed by atoms with Gasteiger partial charge in [-0.2, -0.15) is 0 Å². The molecule has 3 N–H and O–H groups in total. The summed E-state index contributed by atoms with van der Waals surface area (Å²) in [5, 5.41) is 19.2. The number of phosphoric ester groups is 1. The van der Waals surface area contributed by atoms with Gasteiger partial charge in [0, 0.05) is 18.4 Å². The molecule has 2 heterocycles. The average Bonchev–Trinajstić information content (AvgIpc) is 3.19. The molecule has 1 aliphatic rings. The number of aliphatic hydroxyl groups is 1. The van der Waals surface area contributed by atoms with Gasteiger partial charge in [0.1, 0.15) is 19.8 Å². The summed E-state index contributed by atoms with van der Waals surface area (Å²) in [6, 6.07) is 8.04. The summed E-state index contributed by atoms with van der Waals surface area (Å²) in [7, 11) is -24.7. The fourth-order valence-electron chi connectivity index (χ4n) is 3.49. The molecular weight excluding hydrogens is 700 g/mol. The predicted molar refractivity (Wildman–Crippen MR) is 134 cm³/mol. The summed E-state index contributed by atoms with van der Waals surface area (Å²) in [5.74, 6) is -2.72. The number of hydrogen-bond acceptors (Lipinski definition) is 19. The lowest BCUT2D eigenvalue weighted by atomic mass is 10.1. The van der Waals surface area contributed by atoms with Gasteiger partial charge in [0.15, 0.2) is 12.3 Å². The second kappa shape index (κ2) is 14.4. The highest BCUT2D eigenvalue weighted by atomic mass is 31.3. The number of aromatic amines is 1. The molecule has 0 spiro atoms. The fourth-order valence-corrected chi connectivity index (χ4v) is 8.75. The van der Waals surface area contributed by atoms with Crippen molar-refractivity contribution >= 4 is 43.0 Å². The SMILES string of the molecule is O=C(O)CCP(=O)([O-])OP(=O)([O-])OP(=O)([O-])OP(=O)([O-])OC[C@H]1O[C@@H](n2ccc(=O)[nH]c2=O)C(OC(=O)c2ccccc2)C1O. The average molecular weight is 720 g/mol. The monoisotopic (exact) mass is 720 g/mol. The van der Waals surface area contributed by atoms with Crippen LogP contribution in [0.4, 0.5) is 0 Å². The number of esters is 1. The summed E-state index contributed by atoms with van der Waals surface area (Å²) in [6.45, 7) is -1.33. The lowest BCUT2D eigenvalue weighted by Gasteiger charge is -2.36. The number of hydrogen-bond donors (Lipinski definition) is 3. The second-order valence-electron chi connectivity index (χ2n) is 8.67. The summed E-state index contributed by atoms with van der Waals surface area (Å²) in [4.78, 5) is 96.0. The Hall–Kier alpha value is -2.64. The molecule has 22 nitrogen and oxygen atoms in total. The lowest BCUT2D eigenvalue weighted by molar-refractivity contribution is -0.251. The molecule has 1 saturated heterocycles. The van der Waals surface area contributed by atoms with E-state index in [9.17, 15) is 62.1 Å². The third-order valence-corrected chi connectivity index (χ3v) is 11.5. The topological polar surface area (TPSA) is 345 Å². The highest BCUT2D eigenvalue weighted by molar-refractivity contribution is 7.69. The predicted octanol–water partition coefficient (Wildman–Crippen LogP) is -2.48. The molecule has 250 valence electrons. The number of benzene rings is 1. The molecule has 0 aliphatic carbocycles. The van der Waals surface area contributed by atoms with Gasteiger partial charge in [-0.1, -0.05) is 18.2 Å². The first kappa shape index (κ1) is 36.8. The minimum Gasteiger partial charge on any atom is -0.778 e. The van der Waals surface area contributed by atoms with Crippen molar-refractivity contribution in [1.82, 2.24) is 9.55 Å². The number of carboxylic acid groups (broad SMARTS) is 1. The van der Waals surface area contributed by atoms with Gasteiger partial charge < -0.3 is 48.3 Å². The number of H-pyrrole nitrogens is 1. The van der Waals surface area contributed by atoms with Crippen molar-refractivity contribution in [1.29, 1.82) is 0 Å². The molecule has 1 aromatic carbocycles. The molecule has 26 heteroatoms. The van der Waals surface area contributed by atoms with Crippen LogP contribution in [0, 0.1) is 0 Å². The Balaban J connectivity index is 1.72. The van der Waals surface area contributed by atoms with E-state index in [4.69, 9.17) is 14.6 Å². The van der Waals surface area contributed by atoms with Gasteiger partial charge in [-0.25, -0.2) is 18.2 Å². The third-order valence-electron chi connectivity index (χ3n) is 5.31. The number of nitrogens with one attached hydrogen (secondary N) is 1. The van der Waals surface area contributed by atoms with E-state index >= 15 is 0 Å². The summed E-state index contributed by atoms with van der Waals surface area (Å²) in [5.41, 5.74) is -1.97. The molecule has 0 radical (unpaired) electrons. The van der Waals surface area contributed by atoms with Gasteiger partial charge in [0.25, 0.3) is 29.0 Å². The van der Waals surface area contributed by atoms with Crippen LogP contribution in [0.1, 0.15) is 23.0 Å². The van der Waals surface area contributed by atoms with Crippen LogP contribution in [0.5, 0.6) is 0 Å². The van der Waals surface area contributed by atoms with E-state index < -0.39 is 98.0 Å². The van der Waals surface area contributed by atoms with Crippen molar-refractivity contribution in [3.05, 3.63) is 69.0 Å². The first-order valence-electron chi connectivity index (χ1n) is 11.8. The molecule has 2 aromatic rings. The Morgan fingerprint density at radius 2 is 1.53 bits per heavy atom. The van der Waals surface area contributed by atoms with Crippen molar-refractivity contribution in [3.63, 3.8) is 0 Å².